The quantitative estimate of drug-likeness (QED) is 0.834. The second-order valence-corrected chi connectivity index (χ2v) is 5.38. The number of carbonyl (C=O) groups excluding carboxylic acids is 1. The molecule has 0 aliphatic rings. The van der Waals surface area contributed by atoms with E-state index < -0.39 is 11.7 Å². The molecule has 0 aliphatic carbocycles. The molecule has 0 aliphatic heterocycles. The summed E-state index contributed by atoms with van der Waals surface area (Å²) in [6, 6.07) is 12.2. The van der Waals surface area contributed by atoms with Gasteiger partial charge in [-0.3, -0.25) is 4.79 Å². The summed E-state index contributed by atoms with van der Waals surface area (Å²) in [7, 11) is 0. The number of nitrogens with one attached hydrogen (secondary N) is 1. The van der Waals surface area contributed by atoms with E-state index >= 15 is 0 Å². The van der Waals surface area contributed by atoms with Crippen LogP contribution in [0.15, 0.2) is 46.9 Å². The molecule has 2 aromatic carbocycles. The number of hydrogen-bond donors (Lipinski definition) is 1. The zero-order valence-corrected chi connectivity index (χ0v) is 13.1. The Morgan fingerprint density at radius 1 is 1.29 bits per heavy atom. The van der Waals surface area contributed by atoms with Crippen LogP contribution in [0.2, 0.25) is 0 Å². The normalized spacial score (nSPS) is 10.2. The Labute approximate surface area is 131 Å². The highest BCUT2D eigenvalue weighted by Crippen LogP contribution is 2.18. The van der Waals surface area contributed by atoms with Crippen LogP contribution in [0.1, 0.15) is 15.9 Å². The van der Waals surface area contributed by atoms with E-state index in [2.05, 4.69) is 21.2 Å². The molecule has 2 rings (SSSR count). The zero-order valence-electron chi connectivity index (χ0n) is 11.5. The smallest absolute Gasteiger partial charge is 0.254 e. The summed E-state index contributed by atoms with van der Waals surface area (Å²) < 4.78 is 19.5. The molecule has 0 saturated carbocycles. The summed E-state index contributed by atoms with van der Waals surface area (Å²) in [6.45, 7) is 2.61. The summed E-state index contributed by atoms with van der Waals surface area (Å²) in [5.74, 6) is -0.269. The second-order valence-electron chi connectivity index (χ2n) is 4.52. The summed E-state index contributed by atoms with van der Waals surface area (Å²) >= 11 is 3.05. The highest BCUT2D eigenvalue weighted by Gasteiger charge is 2.13. The lowest BCUT2D eigenvalue weighted by atomic mass is 10.2. The van der Waals surface area contributed by atoms with Gasteiger partial charge in [0.15, 0.2) is 0 Å². The predicted molar refractivity (Wildman–Crippen MR) is 83.1 cm³/mol. The molecule has 110 valence electrons. The summed E-state index contributed by atoms with van der Waals surface area (Å²) in [5, 5.41) is 2.63. The van der Waals surface area contributed by atoms with Crippen molar-refractivity contribution in [2.45, 2.75) is 6.92 Å². The van der Waals surface area contributed by atoms with Crippen molar-refractivity contribution in [1.29, 1.82) is 0 Å². The Hall–Kier alpha value is -1.88. The molecule has 21 heavy (non-hydrogen) atoms. The van der Waals surface area contributed by atoms with Gasteiger partial charge in [-0.1, -0.05) is 18.2 Å². The number of carbonyl (C=O) groups is 1. The Bertz CT molecular complexity index is 646. The molecule has 1 amide bonds. The molecule has 5 heteroatoms. The van der Waals surface area contributed by atoms with E-state index in [1.54, 1.807) is 12.1 Å². The first-order valence-electron chi connectivity index (χ1n) is 6.49. The van der Waals surface area contributed by atoms with Gasteiger partial charge in [0, 0.05) is 0 Å². The van der Waals surface area contributed by atoms with Crippen LogP contribution in [0, 0.1) is 12.7 Å². The van der Waals surface area contributed by atoms with Crippen molar-refractivity contribution in [2.24, 2.45) is 0 Å². The van der Waals surface area contributed by atoms with E-state index in [0.717, 1.165) is 11.3 Å². The minimum atomic E-state index is -0.561. The first-order chi connectivity index (χ1) is 10.1. The molecule has 1 N–H and O–H groups in total. The van der Waals surface area contributed by atoms with Crippen LogP contribution < -0.4 is 10.1 Å². The fourth-order valence-electron chi connectivity index (χ4n) is 1.81. The van der Waals surface area contributed by atoms with Crippen LogP contribution in [-0.4, -0.2) is 19.1 Å². The maximum absolute atomic E-state index is 13.7. The number of amides is 1. The van der Waals surface area contributed by atoms with Gasteiger partial charge in [-0.25, -0.2) is 4.39 Å². The van der Waals surface area contributed by atoms with Crippen molar-refractivity contribution in [3.63, 3.8) is 0 Å². The first kappa shape index (κ1) is 15.5. The number of benzene rings is 2. The minimum absolute atomic E-state index is 0.0138. The van der Waals surface area contributed by atoms with Gasteiger partial charge in [0.1, 0.15) is 18.2 Å². The van der Waals surface area contributed by atoms with Crippen molar-refractivity contribution >= 4 is 21.8 Å². The number of hydrogen-bond acceptors (Lipinski definition) is 2. The third-order valence-electron chi connectivity index (χ3n) is 2.84. The molecule has 0 atom stereocenters. The Balaban J connectivity index is 1.83. The van der Waals surface area contributed by atoms with Crippen LogP contribution in [-0.2, 0) is 0 Å². The maximum atomic E-state index is 13.7. The molecule has 0 heterocycles. The van der Waals surface area contributed by atoms with Gasteiger partial charge in [-0.05, 0) is 52.7 Å². The fraction of sp³-hybridized carbons (Fsp3) is 0.188. The van der Waals surface area contributed by atoms with Crippen LogP contribution in [0.4, 0.5) is 4.39 Å². The van der Waals surface area contributed by atoms with Crippen LogP contribution in [0.5, 0.6) is 5.75 Å². The van der Waals surface area contributed by atoms with Gasteiger partial charge < -0.3 is 10.1 Å². The van der Waals surface area contributed by atoms with E-state index in [1.165, 1.54) is 6.07 Å². The number of ether oxygens (including phenoxy) is 1. The molecule has 0 fully saturated rings. The van der Waals surface area contributed by atoms with Gasteiger partial charge >= 0.3 is 0 Å². The van der Waals surface area contributed by atoms with Crippen molar-refractivity contribution in [3.8, 4) is 5.75 Å². The van der Waals surface area contributed by atoms with E-state index in [1.807, 2.05) is 31.2 Å². The zero-order chi connectivity index (χ0) is 15.2. The van der Waals surface area contributed by atoms with Gasteiger partial charge in [0.2, 0.25) is 0 Å². The highest BCUT2D eigenvalue weighted by molar-refractivity contribution is 9.10. The van der Waals surface area contributed by atoms with Crippen LogP contribution in [0.3, 0.4) is 0 Å². The Morgan fingerprint density at radius 2 is 2.05 bits per heavy atom. The lowest BCUT2D eigenvalue weighted by molar-refractivity contribution is 0.0943. The fourth-order valence-corrected chi connectivity index (χ4v) is 2.18. The van der Waals surface area contributed by atoms with E-state index in [4.69, 9.17) is 4.74 Å². The molecule has 0 unspecified atom stereocenters. The van der Waals surface area contributed by atoms with E-state index in [-0.39, 0.29) is 10.0 Å². The molecular weight excluding hydrogens is 337 g/mol. The largest absolute Gasteiger partial charge is 0.492 e. The van der Waals surface area contributed by atoms with Crippen molar-refractivity contribution in [1.82, 2.24) is 5.32 Å². The molecule has 2 aromatic rings. The highest BCUT2D eigenvalue weighted by atomic mass is 79.9. The average Bonchev–Trinajstić information content (AvgIpc) is 2.46. The minimum Gasteiger partial charge on any atom is -0.492 e. The molecule has 0 aromatic heterocycles. The van der Waals surface area contributed by atoms with Gasteiger partial charge in [-0.2, -0.15) is 0 Å². The van der Waals surface area contributed by atoms with Crippen molar-refractivity contribution in [3.05, 3.63) is 63.9 Å². The molecule has 3 nitrogen and oxygen atoms in total. The third kappa shape index (κ3) is 4.29. The molecule has 0 spiro atoms. The summed E-state index contributed by atoms with van der Waals surface area (Å²) in [6.07, 6.45) is 0. The van der Waals surface area contributed by atoms with E-state index in [9.17, 15) is 9.18 Å². The lowest BCUT2D eigenvalue weighted by Crippen LogP contribution is -2.28. The molecule has 0 radical (unpaired) electrons. The monoisotopic (exact) mass is 351 g/mol. The predicted octanol–water partition coefficient (Wildman–Crippen LogP) is 3.71. The molecule has 0 bridgehead atoms. The number of aryl methyl sites for hydroxylation is 1. The Morgan fingerprint density at radius 3 is 2.81 bits per heavy atom. The van der Waals surface area contributed by atoms with E-state index in [0.29, 0.717) is 13.2 Å². The van der Waals surface area contributed by atoms with Gasteiger partial charge in [0.25, 0.3) is 5.91 Å². The molecular formula is C16H15BrFNO2. The average molecular weight is 352 g/mol. The summed E-state index contributed by atoms with van der Waals surface area (Å²) in [4.78, 5) is 11.9. The van der Waals surface area contributed by atoms with Crippen molar-refractivity contribution in [2.75, 3.05) is 13.2 Å². The molecule has 0 saturated heterocycles. The second kappa shape index (κ2) is 7.22. The number of halogens is 2. The topological polar surface area (TPSA) is 38.3 Å². The SMILES string of the molecule is Cc1cccc(OCCNC(=O)c2cccc(Br)c2F)c1. The van der Waals surface area contributed by atoms with Crippen LogP contribution >= 0.6 is 15.9 Å². The maximum Gasteiger partial charge on any atom is 0.254 e. The first-order valence-corrected chi connectivity index (χ1v) is 7.29. The number of rotatable bonds is 5. The lowest BCUT2D eigenvalue weighted by Gasteiger charge is -2.09. The van der Waals surface area contributed by atoms with Crippen LogP contribution in [0.25, 0.3) is 0 Å². The Kier molecular flexibility index (Phi) is 5.33. The van der Waals surface area contributed by atoms with Crippen molar-refractivity contribution < 1.29 is 13.9 Å². The summed E-state index contributed by atoms with van der Waals surface area (Å²) in [5.41, 5.74) is 1.12. The van der Waals surface area contributed by atoms with Gasteiger partial charge in [0.05, 0.1) is 16.6 Å². The third-order valence-corrected chi connectivity index (χ3v) is 3.45. The van der Waals surface area contributed by atoms with Gasteiger partial charge in [-0.15, -0.1) is 0 Å². The standard InChI is InChI=1S/C16H15BrFNO2/c1-11-4-2-5-12(10-11)21-9-8-19-16(20)13-6-3-7-14(17)15(13)18/h2-7,10H,8-9H2,1H3,(H,19,20).